The lowest BCUT2D eigenvalue weighted by atomic mass is 9.34. The molecule has 1 spiro atoms. The number of methoxy groups -OCH3 is 1. The summed E-state index contributed by atoms with van der Waals surface area (Å²) >= 11 is 0. The second kappa shape index (κ2) is 7.82. The summed E-state index contributed by atoms with van der Waals surface area (Å²) in [6.45, 7) is 14.1. The smallest absolute Gasteiger partial charge is 0.312 e. The molecule has 9 atom stereocenters. The number of hydrogen-bond donors (Lipinski definition) is 0. The second-order valence-electron chi connectivity index (χ2n) is 14.2. The highest BCUT2D eigenvalue weighted by Crippen LogP contribution is 2.75. The van der Waals surface area contributed by atoms with Crippen LogP contribution in [0.4, 0.5) is 0 Å². The fourth-order valence-electron chi connectivity index (χ4n) is 11.1. The van der Waals surface area contributed by atoms with Crippen molar-refractivity contribution in [1.82, 2.24) is 0 Å². The van der Waals surface area contributed by atoms with Gasteiger partial charge >= 0.3 is 5.97 Å². The van der Waals surface area contributed by atoms with Gasteiger partial charge < -0.3 is 14.2 Å². The van der Waals surface area contributed by atoms with Gasteiger partial charge in [0.05, 0.1) is 25.7 Å². The Hall–Kier alpha value is -0.870. The van der Waals surface area contributed by atoms with Gasteiger partial charge in [0.25, 0.3) is 0 Å². The molecule has 0 aromatic rings. The third kappa shape index (κ3) is 2.96. The van der Waals surface area contributed by atoms with Crippen molar-refractivity contribution in [3.05, 3.63) is 11.6 Å². The lowest BCUT2D eigenvalue weighted by Gasteiger charge is -2.70. The van der Waals surface area contributed by atoms with Crippen molar-refractivity contribution in [1.29, 1.82) is 0 Å². The Morgan fingerprint density at radius 3 is 2.43 bits per heavy atom. The van der Waals surface area contributed by atoms with E-state index in [2.05, 4.69) is 40.7 Å². The van der Waals surface area contributed by atoms with Gasteiger partial charge in [0.2, 0.25) is 0 Å². The first kappa shape index (κ1) is 24.5. The van der Waals surface area contributed by atoms with Crippen molar-refractivity contribution in [3.8, 4) is 0 Å². The van der Waals surface area contributed by atoms with Crippen molar-refractivity contribution in [2.24, 2.45) is 51.2 Å². The number of carbonyl (C=O) groups is 1. The molecule has 0 aromatic heterocycles. The summed E-state index contributed by atoms with van der Waals surface area (Å²) in [7, 11) is 1.60. The topological polar surface area (TPSA) is 44.8 Å². The van der Waals surface area contributed by atoms with E-state index in [4.69, 9.17) is 14.2 Å². The van der Waals surface area contributed by atoms with E-state index in [1.807, 2.05) is 0 Å². The standard InChI is InChI=1S/C31H48O4/c1-20-9-12-30(26(32)33-6)15-14-28(4)23(24(30)19-20)7-8-25-27(3)13-16-31(34-17-18-35-31)21(2)22(27)10-11-29(25,28)5/h7,20-22,24-25H,8-19H2,1-6H3. The molecule has 35 heavy (non-hydrogen) atoms. The molecule has 196 valence electrons. The van der Waals surface area contributed by atoms with Gasteiger partial charge in [-0.1, -0.05) is 46.3 Å². The zero-order chi connectivity index (χ0) is 24.9. The predicted octanol–water partition coefficient (Wildman–Crippen LogP) is 6.92. The zero-order valence-electron chi connectivity index (χ0n) is 23.1. The zero-order valence-corrected chi connectivity index (χ0v) is 23.1. The summed E-state index contributed by atoms with van der Waals surface area (Å²) in [6, 6.07) is 0. The lowest BCUT2D eigenvalue weighted by Crippen LogP contribution is -2.65. The van der Waals surface area contributed by atoms with E-state index in [0.717, 1.165) is 58.2 Å². The Morgan fingerprint density at radius 1 is 0.971 bits per heavy atom. The van der Waals surface area contributed by atoms with E-state index in [9.17, 15) is 4.79 Å². The first-order valence-corrected chi connectivity index (χ1v) is 14.6. The van der Waals surface area contributed by atoms with Crippen molar-refractivity contribution >= 4 is 5.97 Å². The quantitative estimate of drug-likeness (QED) is 0.299. The molecule has 4 nitrogen and oxygen atoms in total. The third-order valence-corrected chi connectivity index (χ3v) is 13.4. The average Bonchev–Trinajstić information content (AvgIpc) is 3.32. The normalized spacial score (nSPS) is 52.5. The Balaban J connectivity index is 1.39. The molecule has 6 aliphatic rings. The lowest BCUT2D eigenvalue weighted by molar-refractivity contribution is -0.270. The minimum absolute atomic E-state index is 0.0586. The molecular formula is C31H48O4. The molecule has 5 fully saturated rings. The number of hydrogen-bond acceptors (Lipinski definition) is 4. The van der Waals surface area contributed by atoms with Crippen LogP contribution in [0, 0.1) is 51.2 Å². The first-order chi connectivity index (χ1) is 16.6. The minimum atomic E-state index is -0.333. The number of allylic oxidation sites excluding steroid dienone is 2. The van der Waals surface area contributed by atoms with Crippen LogP contribution < -0.4 is 0 Å². The molecule has 5 aliphatic carbocycles. The minimum Gasteiger partial charge on any atom is -0.469 e. The number of ether oxygens (including phenoxy) is 3. The van der Waals surface area contributed by atoms with E-state index in [0.29, 0.717) is 35.0 Å². The van der Waals surface area contributed by atoms with Gasteiger partial charge in [0, 0.05) is 12.3 Å². The number of rotatable bonds is 1. The monoisotopic (exact) mass is 484 g/mol. The van der Waals surface area contributed by atoms with Crippen LogP contribution in [0.1, 0.15) is 98.8 Å². The maximum Gasteiger partial charge on any atom is 0.312 e. The van der Waals surface area contributed by atoms with Gasteiger partial charge in [-0.2, -0.15) is 0 Å². The van der Waals surface area contributed by atoms with Crippen LogP contribution in [0.2, 0.25) is 0 Å². The van der Waals surface area contributed by atoms with E-state index in [1.54, 1.807) is 12.7 Å². The fourth-order valence-corrected chi connectivity index (χ4v) is 11.1. The summed E-state index contributed by atoms with van der Waals surface area (Å²) in [5.74, 6) is 2.54. The maximum atomic E-state index is 13.3. The van der Waals surface area contributed by atoms with Crippen molar-refractivity contribution in [3.63, 3.8) is 0 Å². The SMILES string of the molecule is COC(=O)C12CCC(C)CC1C1=CCC3C4(C)CCC5(OCCO5)C(C)C4CCC3(C)C1(C)CC2. The van der Waals surface area contributed by atoms with E-state index in [1.165, 1.54) is 19.3 Å². The molecule has 0 radical (unpaired) electrons. The van der Waals surface area contributed by atoms with E-state index >= 15 is 0 Å². The summed E-state index contributed by atoms with van der Waals surface area (Å²) < 4.78 is 18.1. The molecule has 0 amide bonds. The molecule has 6 rings (SSSR count). The van der Waals surface area contributed by atoms with Crippen LogP contribution in [0.25, 0.3) is 0 Å². The Bertz CT molecular complexity index is 919. The Morgan fingerprint density at radius 2 is 1.71 bits per heavy atom. The van der Waals surface area contributed by atoms with Crippen molar-refractivity contribution < 1.29 is 19.0 Å². The largest absolute Gasteiger partial charge is 0.469 e. The number of carbonyl (C=O) groups excluding carboxylic acids is 1. The van der Waals surface area contributed by atoms with Crippen LogP contribution in [0.3, 0.4) is 0 Å². The van der Waals surface area contributed by atoms with Gasteiger partial charge in [0.1, 0.15) is 0 Å². The van der Waals surface area contributed by atoms with Gasteiger partial charge in [-0.05, 0) is 97.7 Å². The Kier molecular flexibility index (Phi) is 5.47. The summed E-state index contributed by atoms with van der Waals surface area (Å²) in [5, 5.41) is 0. The molecule has 1 heterocycles. The highest BCUT2D eigenvalue weighted by atomic mass is 16.7. The van der Waals surface area contributed by atoms with E-state index in [-0.39, 0.29) is 28.0 Å². The number of fused-ring (bicyclic) bond motifs is 7. The summed E-state index contributed by atoms with van der Waals surface area (Å²) in [6.07, 6.45) is 14.0. The van der Waals surface area contributed by atoms with Crippen LogP contribution in [-0.4, -0.2) is 32.1 Å². The molecule has 4 saturated carbocycles. The van der Waals surface area contributed by atoms with Gasteiger partial charge in [-0.15, -0.1) is 0 Å². The highest BCUT2D eigenvalue weighted by molar-refractivity contribution is 5.78. The molecule has 0 bridgehead atoms. The fraction of sp³-hybridized carbons (Fsp3) is 0.903. The van der Waals surface area contributed by atoms with Gasteiger partial charge in [-0.25, -0.2) is 0 Å². The molecule has 9 unspecified atom stereocenters. The maximum absolute atomic E-state index is 13.3. The molecule has 0 N–H and O–H groups in total. The van der Waals surface area contributed by atoms with Crippen LogP contribution >= 0.6 is 0 Å². The first-order valence-electron chi connectivity index (χ1n) is 14.6. The summed E-state index contributed by atoms with van der Waals surface area (Å²) in [5.41, 5.74) is 2.09. The third-order valence-electron chi connectivity index (χ3n) is 13.4. The number of esters is 1. The molecule has 0 aromatic carbocycles. The van der Waals surface area contributed by atoms with Crippen LogP contribution in [0.15, 0.2) is 11.6 Å². The molecule has 1 aliphatic heterocycles. The van der Waals surface area contributed by atoms with Gasteiger partial charge in [0.15, 0.2) is 5.79 Å². The average molecular weight is 485 g/mol. The molecule has 1 saturated heterocycles. The van der Waals surface area contributed by atoms with Gasteiger partial charge in [-0.3, -0.25) is 4.79 Å². The predicted molar refractivity (Wildman–Crippen MR) is 136 cm³/mol. The highest BCUT2D eigenvalue weighted by Gasteiger charge is 2.69. The van der Waals surface area contributed by atoms with E-state index < -0.39 is 0 Å². The van der Waals surface area contributed by atoms with Crippen LogP contribution in [0.5, 0.6) is 0 Å². The van der Waals surface area contributed by atoms with Crippen LogP contribution in [-0.2, 0) is 19.0 Å². The summed E-state index contributed by atoms with van der Waals surface area (Å²) in [4.78, 5) is 13.3. The van der Waals surface area contributed by atoms with Crippen molar-refractivity contribution in [2.45, 2.75) is 105 Å². The Labute approximate surface area is 212 Å². The second-order valence-corrected chi connectivity index (χ2v) is 14.2. The molecular weight excluding hydrogens is 436 g/mol. The molecule has 4 heteroatoms. The van der Waals surface area contributed by atoms with Crippen molar-refractivity contribution in [2.75, 3.05) is 20.3 Å².